The highest BCUT2D eigenvalue weighted by atomic mass is 16.1. The van der Waals surface area contributed by atoms with Crippen molar-refractivity contribution in [3.63, 3.8) is 0 Å². The van der Waals surface area contributed by atoms with Gasteiger partial charge in [0.05, 0.1) is 5.52 Å². The number of hydrogen-bond donors (Lipinski definition) is 2. The molecule has 0 radical (unpaired) electrons. The van der Waals surface area contributed by atoms with Gasteiger partial charge in [0.15, 0.2) is 0 Å². The zero-order valence-electron chi connectivity index (χ0n) is 15.1. The molecule has 2 aliphatic rings. The van der Waals surface area contributed by atoms with Gasteiger partial charge in [-0.2, -0.15) is 0 Å². The van der Waals surface area contributed by atoms with Gasteiger partial charge in [0.25, 0.3) is 5.91 Å². The minimum absolute atomic E-state index is 0.0631. The Balaban J connectivity index is 1.38. The quantitative estimate of drug-likeness (QED) is 0.896. The van der Waals surface area contributed by atoms with E-state index in [1.807, 2.05) is 24.3 Å². The van der Waals surface area contributed by atoms with Crippen LogP contribution in [0.1, 0.15) is 55.1 Å². The van der Waals surface area contributed by atoms with E-state index in [0.717, 1.165) is 23.2 Å². The van der Waals surface area contributed by atoms with Crippen LogP contribution < -0.4 is 10.6 Å². The first-order chi connectivity index (χ1) is 12.1. The van der Waals surface area contributed by atoms with Gasteiger partial charge in [0.1, 0.15) is 5.69 Å². The molecule has 1 aromatic heterocycles. The van der Waals surface area contributed by atoms with E-state index < -0.39 is 0 Å². The molecule has 0 saturated carbocycles. The molecule has 1 amide bonds. The average molecular weight is 337 g/mol. The summed E-state index contributed by atoms with van der Waals surface area (Å²) in [5, 5.41) is 7.91. The summed E-state index contributed by atoms with van der Waals surface area (Å²) in [5.41, 5.74) is 2.59. The summed E-state index contributed by atoms with van der Waals surface area (Å²) in [6.07, 6.45) is 6.21. The van der Waals surface area contributed by atoms with Crippen LogP contribution in [0, 0.1) is 12.8 Å². The molecular formula is C21H27N3O. The molecule has 1 aromatic carbocycles. The molecule has 4 heteroatoms. The largest absolute Gasteiger partial charge is 0.348 e. The van der Waals surface area contributed by atoms with Crippen LogP contribution in [0.5, 0.6) is 0 Å². The van der Waals surface area contributed by atoms with Crippen LogP contribution >= 0.6 is 0 Å². The Kier molecular flexibility index (Phi) is 4.46. The van der Waals surface area contributed by atoms with Gasteiger partial charge < -0.3 is 10.6 Å². The average Bonchev–Trinajstić information content (AvgIpc) is 2.92. The van der Waals surface area contributed by atoms with Crippen molar-refractivity contribution in [1.82, 2.24) is 15.6 Å². The third kappa shape index (κ3) is 3.69. The van der Waals surface area contributed by atoms with E-state index in [1.54, 1.807) is 0 Å². The normalized spacial score (nSPS) is 26.6. The SMILES string of the molecule is Cc1ccc2nc(C(=O)NC(C)CC3CC4CCC(C3)N4)ccc2c1. The van der Waals surface area contributed by atoms with E-state index in [-0.39, 0.29) is 11.9 Å². The van der Waals surface area contributed by atoms with Crippen molar-refractivity contribution < 1.29 is 4.79 Å². The summed E-state index contributed by atoms with van der Waals surface area (Å²) < 4.78 is 0. The second kappa shape index (κ2) is 6.75. The number of benzene rings is 1. The van der Waals surface area contributed by atoms with E-state index in [0.29, 0.717) is 17.8 Å². The summed E-state index contributed by atoms with van der Waals surface area (Å²) in [6, 6.07) is 11.5. The number of carbonyl (C=O) groups is 1. The molecule has 2 aliphatic heterocycles. The van der Waals surface area contributed by atoms with Crippen LogP contribution in [0.4, 0.5) is 0 Å². The maximum atomic E-state index is 12.6. The van der Waals surface area contributed by atoms with Crippen molar-refractivity contribution in [3.8, 4) is 0 Å². The molecule has 0 aliphatic carbocycles. The second-order valence-corrected chi connectivity index (χ2v) is 7.98. The molecule has 3 atom stereocenters. The molecule has 3 heterocycles. The van der Waals surface area contributed by atoms with Crippen molar-refractivity contribution in [3.05, 3.63) is 41.6 Å². The van der Waals surface area contributed by atoms with Gasteiger partial charge in [0, 0.05) is 23.5 Å². The number of amides is 1. The number of hydrogen-bond acceptors (Lipinski definition) is 3. The Labute approximate surface area is 149 Å². The van der Waals surface area contributed by atoms with E-state index in [1.165, 1.54) is 31.2 Å². The minimum Gasteiger partial charge on any atom is -0.348 e. The minimum atomic E-state index is -0.0631. The fourth-order valence-electron chi connectivity index (χ4n) is 4.60. The van der Waals surface area contributed by atoms with E-state index in [2.05, 4.69) is 35.5 Å². The number of nitrogens with zero attached hydrogens (tertiary/aromatic N) is 1. The standard InChI is InChI=1S/C21H27N3O/c1-13-3-7-19-16(9-13)4-8-20(24-19)21(25)22-14(2)10-15-11-17-5-6-18(12-15)23-17/h3-4,7-9,14-15,17-18,23H,5-6,10-12H2,1-2H3,(H,22,25). The smallest absolute Gasteiger partial charge is 0.270 e. The fraction of sp³-hybridized carbons (Fsp3) is 0.524. The van der Waals surface area contributed by atoms with Gasteiger partial charge in [-0.1, -0.05) is 17.7 Å². The molecule has 2 bridgehead atoms. The van der Waals surface area contributed by atoms with Gasteiger partial charge in [-0.25, -0.2) is 4.98 Å². The molecule has 132 valence electrons. The highest BCUT2D eigenvalue weighted by Crippen LogP contribution is 2.33. The lowest BCUT2D eigenvalue weighted by molar-refractivity contribution is 0.0927. The first-order valence-corrected chi connectivity index (χ1v) is 9.51. The van der Waals surface area contributed by atoms with Gasteiger partial charge in [-0.3, -0.25) is 4.79 Å². The predicted molar refractivity (Wildman–Crippen MR) is 101 cm³/mol. The lowest BCUT2D eigenvalue weighted by Crippen LogP contribution is -2.41. The van der Waals surface area contributed by atoms with Gasteiger partial charge in [-0.15, -0.1) is 0 Å². The predicted octanol–water partition coefficient (Wildman–Crippen LogP) is 3.58. The number of aromatic nitrogens is 1. The lowest BCUT2D eigenvalue weighted by atomic mass is 9.87. The van der Waals surface area contributed by atoms with Crippen LogP contribution in [0.2, 0.25) is 0 Å². The summed E-state index contributed by atoms with van der Waals surface area (Å²) in [7, 11) is 0. The maximum Gasteiger partial charge on any atom is 0.270 e. The summed E-state index contributed by atoms with van der Waals surface area (Å²) >= 11 is 0. The second-order valence-electron chi connectivity index (χ2n) is 7.98. The number of pyridine rings is 1. The molecule has 2 fully saturated rings. The molecule has 4 rings (SSSR count). The summed E-state index contributed by atoms with van der Waals surface area (Å²) in [4.78, 5) is 17.1. The van der Waals surface area contributed by atoms with Crippen molar-refractivity contribution in [2.75, 3.05) is 0 Å². The summed E-state index contributed by atoms with van der Waals surface area (Å²) in [6.45, 7) is 4.18. The topological polar surface area (TPSA) is 54.0 Å². The fourth-order valence-corrected chi connectivity index (χ4v) is 4.60. The lowest BCUT2D eigenvalue weighted by Gasteiger charge is -2.31. The molecule has 2 saturated heterocycles. The van der Waals surface area contributed by atoms with Crippen LogP contribution in [-0.2, 0) is 0 Å². The molecule has 0 spiro atoms. The highest BCUT2D eigenvalue weighted by molar-refractivity contribution is 5.95. The zero-order chi connectivity index (χ0) is 17.4. The Hall–Kier alpha value is -1.94. The number of aryl methyl sites for hydroxylation is 1. The zero-order valence-corrected chi connectivity index (χ0v) is 15.1. The van der Waals surface area contributed by atoms with Crippen molar-refractivity contribution in [2.24, 2.45) is 5.92 Å². The van der Waals surface area contributed by atoms with Crippen LogP contribution in [-0.4, -0.2) is 29.0 Å². The Morgan fingerprint density at radius 3 is 2.76 bits per heavy atom. The monoisotopic (exact) mass is 337 g/mol. The van der Waals surface area contributed by atoms with Crippen LogP contribution in [0.15, 0.2) is 30.3 Å². The van der Waals surface area contributed by atoms with Crippen molar-refractivity contribution in [1.29, 1.82) is 0 Å². The molecule has 4 nitrogen and oxygen atoms in total. The first-order valence-electron chi connectivity index (χ1n) is 9.51. The molecular weight excluding hydrogens is 310 g/mol. The number of piperidine rings is 1. The van der Waals surface area contributed by atoms with E-state index >= 15 is 0 Å². The van der Waals surface area contributed by atoms with Gasteiger partial charge >= 0.3 is 0 Å². The molecule has 25 heavy (non-hydrogen) atoms. The number of nitrogens with one attached hydrogen (secondary N) is 2. The number of carbonyl (C=O) groups excluding carboxylic acids is 1. The van der Waals surface area contributed by atoms with Crippen LogP contribution in [0.3, 0.4) is 0 Å². The Bertz CT molecular complexity index is 776. The molecule has 3 unspecified atom stereocenters. The summed E-state index contributed by atoms with van der Waals surface area (Å²) in [5.74, 6) is 0.661. The number of fused-ring (bicyclic) bond motifs is 3. The maximum absolute atomic E-state index is 12.6. The number of rotatable bonds is 4. The van der Waals surface area contributed by atoms with E-state index in [4.69, 9.17) is 0 Å². The van der Waals surface area contributed by atoms with Crippen molar-refractivity contribution in [2.45, 2.75) is 64.1 Å². The Morgan fingerprint density at radius 1 is 1.24 bits per heavy atom. The third-order valence-electron chi connectivity index (χ3n) is 5.71. The Morgan fingerprint density at radius 2 is 2.00 bits per heavy atom. The van der Waals surface area contributed by atoms with Crippen molar-refractivity contribution >= 4 is 16.8 Å². The first kappa shape index (κ1) is 16.5. The van der Waals surface area contributed by atoms with Gasteiger partial charge in [0.2, 0.25) is 0 Å². The highest BCUT2D eigenvalue weighted by Gasteiger charge is 2.33. The van der Waals surface area contributed by atoms with E-state index in [9.17, 15) is 4.79 Å². The molecule has 2 N–H and O–H groups in total. The van der Waals surface area contributed by atoms with Gasteiger partial charge in [-0.05, 0) is 70.1 Å². The third-order valence-corrected chi connectivity index (χ3v) is 5.71. The van der Waals surface area contributed by atoms with Crippen LogP contribution in [0.25, 0.3) is 10.9 Å². The molecule has 2 aromatic rings.